The fourth-order valence-electron chi connectivity index (χ4n) is 1.39. The van der Waals surface area contributed by atoms with E-state index in [0.717, 1.165) is 16.1 Å². The Morgan fingerprint density at radius 1 is 1.35 bits per heavy atom. The van der Waals surface area contributed by atoms with Crippen molar-refractivity contribution in [3.63, 3.8) is 0 Å². The quantitative estimate of drug-likeness (QED) is 0.881. The number of anilines is 1. The van der Waals surface area contributed by atoms with Crippen LogP contribution in [0.4, 0.5) is 5.69 Å². The van der Waals surface area contributed by atoms with Crippen molar-refractivity contribution in [2.75, 3.05) is 5.73 Å². The predicted octanol–water partition coefficient (Wildman–Crippen LogP) is 2.05. The normalized spacial score (nSPS) is 10.5. The van der Waals surface area contributed by atoms with Gasteiger partial charge in [0.25, 0.3) is 0 Å². The second-order valence-electron chi connectivity index (χ2n) is 3.73. The number of halogens is 1. The van der Waals surface area contributed by atoms with Gasteiger partial charge in [-0.25, -0.2) is 0 Å². The number of nitrogens with two attached hydrogens (primary N) is 1. The van der Waals surface area contributed by atoms with E-state index in [9.17, 15) is 0 Å². The highest BCUT2D eigenvalue weighted by Gasteiger charge is 2.06. The molecule has 1 heterocycles. The zero-order valence-electron chi connectivity index (χ0n) is 9.64. The highest BCUT2D eigenvalue weighted by Crippen LogP contribution is 2.23. The van der Waals surface area contributed by atoms with Gasteiger partial charge in [-0.1, -0.05) is 15.9 Å². The van der Waals surface area contributed by atoms with E-state index in [1.54, 1.807) is 6.07 Å². The van der Waals surface area contributed by atoms with Crippen molar-refractivity contribution in [1.82, 2.24) is 14.8 Å². The molecule has 0 aliphatic rings. The molecule has 0 radical (unpaired) electrons. The lowest BCUT2D eigenvalue weighted by Gasteiger charge is -2.07. The third kappa shape index (κ3) is 2.76. The molecule has 0 amide bonds. The van der Waals surface area contributed by atoms with Gasteiger partial charge >= 0.3 is 0 Å². The average molecular weight is 297 g/mol. The molecule has 0 bridgehead atoms. The Morgan fingerprint density at radius 2 is 2.12 bits per heavy atom. The zero-order valence-corrected chi connectivity index (χ0v) is 11.2. The Morgan fingerprint density at radius 3 is 2.71 bits per heavy atom. The molecule has 2 rings (SSSR count). The average Bonchev–Trinajstić information content (AvgIpc) is 2.56. The molecule has 2 N–H and O–H groups in total. The number of aryl methyl sites for hydroxylation is 1. The van der Waals surface area contributed by atoms with E-state index in [1.165, 1.54) is 0 Å². The van der Waals surface area contributed by atoms with Crippen LogP contribution in [0.5, 0.6) is 5.75 Å². The lowest BCUT2D eigenvalue weighted by Crippen LogP contribution is -2.04. The fraction of sp³-hybridized carbons (Fsp3) is 0.273. The van der Waals surface area contributed by atoms with E-state index < -0.39 is 0 Å². The summed E-state index contributed by atoms with van der Waals surface area (Å²) in [4.78, 5) is 0. The van der Waals surface area contributed by atoms with Crippen molar-refractivity contribution in [3.05, 3.63) is 34.3 Å². The summed E-state index contributed by atoms with van der Waals surface area (Å²) in [7, 11) is 1.91. The zero-order chi connectivity index (χ0) is 12.4. The molecule has 1 aromatic heterocycles. The smallest absolute Gasteiger partial charge is 0.170 e. The number of aromatic nitrogens is 3. The number of benzene rings is 1. The SMILES string of the molecule is Cc1nnc(COc2cc(N)cc(Br)c2)n1C. The number of hydrogen-bond acceptors (Lipinski definition) is 4. The summed E-state index contributed by atoms with van der Waals surface area (Å²) in [6.45, 7) is 2.26. The molecule has 0 atom stereocenters. The molecule has 0 saturated carbocycles. The first-order chi connectivity index (χ1) is 8.06. The van der Waals surface area contributed by atoms with Gasteiger partial charge in [0.2, 0.25) is 0 Å². The Balaban J connectivity index is 2.09. The maximum Gasteiger partial charge on any atom is 0.170 e. The molecule has 5 nitrogen and oxygen atoms in total. The van der Waals surface area contributed by atoms with Crippen LogP contribution in [0.1, 0.15) is 11.6 Å². The van der Waals surface area contributed by atoms with Gasteiger partial charge in [-0.05, 0) is 19.1 Å². The highest BCUT2D eigenvalue weighted by molar-refractivity contribution is 9.10. The second kappa shape index (κ2) is 4.75. The number of ether oxygens (including phenoxy) is 1. The topological polar surface area (TPSA) is 66.0 Å². The molecule has 2 aromatic rings. The number of hydrogen-bond donors (Lipinski definition) is 1. The lowest BCUT2D eigenvalue weighted by atomic mass is 10.3. The summed E-state index contributed by atoms with van der Waals surface area (Å²) in [6.07, 6.45) is 0. The summed E-state index contributed by atoms with van der Waals surface area (Å²) in [5.41, 5.74) is 6.38. The van der Waals surface area contributed by atoms with Gasteiger partial charge in [-0.15, -0.1) is 10.2 Å². The van der Waals surface area contributed by atoms with Gasteiger partial charge in [0, 0.05) is 23.3 Å². The second-order valence-corrected chi connectivity index (χ2v) is 4.65. The van der Waals surface area contributed by atoms with Crippen molar-refractivity contribution < 1.29 is 4.74 Å². The minimum atomic E-state index is 0.368. The van der Waals surface area contributed by atoms with Crippen molar-refractivity contribution in [1.29, 1.82) is 0 Å². The van der Waals surface area contributed by atoms with Crippen LogP contribution in [0.25, 0.3) is 0 Å². The molecule has 0 aliphatic carbocycles. The molecule has 1 aromatic carbocycles. The van der Waals surface area contributed by atoms with Crippen LogP contribution in [0, 0.1) is 6.92 Å². The summed E-state index contributed by atoms with van der Waals surface area (Å²) < 4.78 is 8.40. The lowest BCUT2D eigenvalue weighted by molar-refractivity contribution is 0.291. The summed E-state index contributed by atoms with van der Waals surface area (Å²) >= 11 is 3.36. The van der Waals surface area contributed by atoms with Crippen LogP contribution in [0.3, 0.4) is 0 Å². The summed E-state index contributed by atoms with van der Waals surface area (Å²) in [5.74, 6) is 2.34. The molecule has 0 spiro atoms. The van der Waals surface area contributed by atoms with Gasteiger partial charge in [0.05, 0.1) is 0 Å². The van der Waals surface area contributed by atoms with E-state index >= 15 is 0 Å². The van der Waals surface area contributed by atoms with Crippen molar-refractivity contribution in [2.45, 2.75) is 13.5 Å². The first-order valence-electron chi connectivity index (χ1n) is 5.10. The van der Waals surface area contributed by atoms with Crippen molar-refractivity contribution in [2.24, 2.45) is 7.05 Å². The minimum absolute atomic E-state index is 0.368. The Bertz CT molecular complexity index is 518. The van der Waals surface area contributed by atoms with Gasteiger partial charge in [-0.3, -0.25) is 0 Å². The number of nitrogen functional groups attached to an aromatic ring is 1. The third-order valence-electron chi connectivity index (χ3n) is 2.44. The number of nitrogens with zero attached hydrogens (tertiary/aromatic N) is 3. The van der Waals surface area contributed by atoms with Crippen molar-refractivity contribution >= 4 is 21.6 Å². The molecule has 0 aliphatic heterocycles. The van der Waals surface area contributed by atoms with Crippen molar-refractivity contribution in [3.8, 4) is 5.75 Å². The summed E-state index contributed by atoms with van der Waals surface area (Å²) in [6, 6.07) is 5.45. The standard InChI is InChI=1S/C11H13BrN4O/c1-7-14-15-11(16(7)2)6-17-10-4-8(12)3-9(13)5-10/h3-5H,6,13H2,1-2H3. The van der Waals surface area contributed by atoms with Crippen LogP contribution in [0.2, 0.25) is 0 Å². The van der Waals surface area contributed by atoms with Crippen LogP contribution in [-0.4, -0.2) is 14.8 Å². The van der Waals surface area contributed by atoms with Crippen LogP contribution < -0.4 is 10.5 Å². The first-order valence-corrected chi connectivity index (χ1v) is 5.89. The molecular weight excluding hydrogens is 284 g/mol. The molecule has 6 heteroatoms. The van der Waals surface area contributed by atoms with Crippen LogP contribution in [0.15, 0.2) is 22.7 Å². The fourth-order valence-corrected chi connectivity index (χ4v) is 1.88. The molecule has 0 saturated heterocycles. The van der Waals surface area contributed by atoms with Gasteiger partial charge in [-0.2, -0.15) is 0 Å². The van der Waals surface area contributed by atoms with Gasteiger partial charge in [0.1, 0.15) is 18.2 Å². The van der Waals surface area contributed by atoms with E-state index in [0.29, 0.717) is 18.0 Å². The molecule has 0 fully saturated rings. The van der Waals surface area contributed by atoms with E-state index in [2.05, 4.69) is 26.1 Å². The maximum atomic E-state index is 5.72. The first kappa shape index (κ1) is 11.9. The maximum absolute atomic E-state index is 5.72. The highest BCUT2D eigenvalue weighted by atomic mass is 79.9. The molecule has 0 unspecified atom stereocenters. The third-order valence-corrected chi connectivity index (χ3v) is 2.90. The Kier molecular flexibility index (Phi) is 3.33. The van der Waals surface area contributed by atoms with Crippen LogP contribution >= 0.6 is 15.9 Å². The van der Waals surface area contributed by atoms with E-state index in [-0.39, 0.29) is 0 Å². The van der Waals surface area contributed by atoms with Gasteiger partial charge < -0.3 is 15.0 Å². The predicted molar refractivity (Wildman–Crippen MR) is 68.6 cm³/mol. The minimum Gasteiger partial charge on any atom is -0.485 e. The molecular formula is C11H13BrN4O. The molecule has 17 heavy (non-hydrogen) atoms. The van der Waals surface area contributed by atoms with Crippen LogP contribution in [-0.2, 0) is 13.7 Å². The Hall–Kier alpha value is -1.56. The van der Waals surface area contributed by atoms with Gasteiger partial charge in [0.15, 0.2) is 5.82 Å². The number of rotatable bonds is 3. The molecule has 90 valence electrons. The van der Waals surface area contributed by atoms with E-state index in [1.807, 2.05) is 30.7 Å². The monoisotopic (exact) mass is 296 g/mol. The Labute approximate surface area is 108 Å². The summed E-state index contributed by atoms with van der Waals surface area (Å²) in [5, 5.41) is 7.98. The van der Waals surface area contributed by atoms with E-state index in [4.69, 9.17) is 10.5 Å². The largest absolute Gasteiger partial charge is 0.485 e.